The first-order valence-electron chi connectivity index (χ1n) is 4.79. The standard InChI is InChI=1S/C10H15N3O3/c1-10(2,9(14)15)6-12-7-4-11-5-8(13-7)16-3/h4-5H,6H2,1-3H3,(H,12,13)(H,14,15). The van der Waals surface area contributed by atoms with E-state index in [1.54, 1.807) is 13.8 Å². The fraction of sp³-hybridized carbons (Fsp3) is 0.500. The summed E-state index contributed by atoms with van der Waals surface area (Å²) >= 11 is 0. The minimum Gasteiger partial charge on any atom is -0.481 e. The van der Waals surface area contributed by atoms with E-state index in [9.17, 15) is 4.79 Å². The van der Waals surface area contributed by atoms with Crippen LogP contribution in [-0.4, -0.2) is 34.7 Å². The van der Waals surface area contributed by atoms with E-state index < -0.39 is 11.4 Å². The first kappa shape index (κ1) is 12.2. The Hall–Kier alpha value is -1.85. The van der Waals surface area contributed by atoms with Gasteiger partial charge in [-0.2, -0.15) is 4.98 Å². The molecule has 0 aliphatic heterocycles. The zero-order chi connectivity index (χ0) is 12.2. The molecule has 6 heteroatoms. The van der Waals surface area contributed by atoms with Gasteiger partial charge in [-0.25, -0.2) is 0 Å². The van der Waals surface area contributed by atoms with E-state index in [-0.39, 0.29) is 6.54 Å². The molecule has 1 heterocycles. The van der Waals surface area contributed by atoms with E-state index in [0.717, 1.165) is 0 Å². The van der Waals surface area contributed by atoms with E-state index in [4.69, 9.17) is 9.84 Å². The van der Waals surface area contributed by atoms with E-state index >= 15 is 0 Å². The number of ether oxygens (including phenoxy) is 1. The van der Waals surface area contributed by atoms with E-state index in [1.807, 2.05) is 0 Å². The van der Waals surface area contributed by atoms with Crippen LogP contribution in [-0.2, 0) is 4.79 Å². The fourth-order valence-corrected chi connectivity index (χ4v) is 0.919. The highest BCUT2D eigenvalue weighted by Crippen LogP contribution is 2.16. The summed E-state index contributed by atoms with van der Waals surface area (Å²) in [4.78, 5) is 18.8. The summed E-state index contributed by atoms with van der Waals surface area (Å²) in [6.45, 7) is 3.54. The van der Waals surface area contributed by atoms with Gasteiger partial charge < -0.3 is 15.2 Å². The average molecular weight is 225 g/mol. The lowest BCUT2D eigenvalue weighted by Gasteiger charge is -2.19. The highest BCUT2D eigenvalue weighted by Gasteiger charge is 2.26. The number of nitrogens with zero attached hydrogens (tertiary/aromatic N) is 2. The summed E-state index contributed by atoms with van der Waals surface area (Å²) in [7, 11) is 1.50. The number of hydrogen-bond donors (Lipinski definition) is 2. The average Bonchev–Trinajstić information content (AvgIpc) is 2.26. The van der Waals surface area contributed by atoms with Crippen molar-refractivity contribution in [3.63, 3.8) is 0 Å². The van der Waals surface area contributed by atoms with Gasteiger partial charge in [-0.3, -0.25) is 9.78 Å². The molecule has 0 saturated heterocycles. The summed E-state index contributed by atoms with van der Waals surface area (Å²) in [5.74, 6) is 0.0164. The quantitative estimate of drug-likeness (QED) is 0.778. The van der Waals surface area contributed by atoms with Crippen molar-refractivity contribution in [1.82, 2.24) is 9.97 Å². The molecule has 88 valence electrons. The van der Waals surface area contributed by atoms with E-state index in [0.29, 0.717) is 11.7 Å². The van der Waals surface area contributed by atoms with Gasteiger partial charge in [0.05, 0.1) is 24.9 Å². The van der Waals surface area contributed by atoms with Crippen LogP contribution in [0.25, 0.3) is 0 Å². The second kappa shape index (κ2) is 4.78. The van der Waals surface area contributed by atoms with Gasteiger partial charge in [-0.1, -0.05) is 0 Å². The number of aromatic nitrogens is 2. The number of anilines is 1. The zero-order valence-electron chi connectivity index (χ0n) is 9.52. The number of nitrogens with one attached hydrogen (secondary N) is 1. The Morgan fingerprint density at radius 2 is 2.25 bits per heavy atom. The van der Waals surface area contributed by atoms with Crippen molar-refractivity contribution in [2.45, 2.75) is 13.8 Å². The Morgan fingerprint density at radius 1 is 1.56 bits per heavy atom. The van der Waals surface area contributed by atoms with Crippen LogP contribution in [0.15, 0.2) is 12.4 Å². The lowest BCUT2D eigenvalue weighted by molar-refractivity contribution is -0.146. The molecule has 1 rings (SSSR count). The van der Waals surface area contributed by atoms with Crippen molar-refractivity contribution in [2.75, 3.05) is 19.0 Å². The molecule has 0 fully saturated rings. The molecular formula is C10H15N3O3. The molecule has 0 bridgehead atoms. The molecule has 0 aliphatic carbocycles. The number of aliphatic carboxylic acids is 1. The van der Waals surface area contributed by atoms with Crippen molar-refractivity contribution in [1.29, 1.82) is 0 Å². The third kappa shape index (κ3) is 3.08. The van der Waals surface area contributed by atoms with Crippen molar-refractivity contribution < 1.29 is 14.6 Å². The highest BCUT2D eigenvalue weighted by molar-refractivity contribution is 5.74. The van der Waals surface area contributed by atoms with Crippen molar-refractivity contribution in [2.24, 2.45) is 5.41 Å². The molecule has 0 radical (unpaired) electrons. The molecule has 0 aliphatic rings. The Bertz CT molecular complexity index is 379. The number of carboxylic acids is 1. The molecule has 0 aromatic carbocycles. The number of carbonyl (C=O) groups is 1. The Morgan fingerprint density at radius 3 is 2.81 bits per heavy atom. The third-order valence-electron chi connectivity index (χ3n) is 2.11. The van der Waals surface area contributed by atoms with Gasteiger partial charge in [0.15, 0.2) is 0 Å². The van der Waals surface area contributed by atoms with Crippen molar-refractivity contribution in [3.05, 3.63) is 12.4 Å². The maximum Gasteiger partial charge on any atom is 0.310 e. The van der Waals surface area contributed by atoms with E-state index in [1.165, 1.54) is 19.5 Å². The SMILES string of the molecule is COc1cncc(NCC(C)(C)C(=O)O)n1. The van der Waals surface area contributed by atoms with E-state index in [2.05, 4.69) is 15.3 Å². The van der Waals surface area contributed by atoms with Crippen molar-refractivity contribution in [3.8, 4) is 5.88 Å². The largest absolute Gasteiger partial charge is 0.481 e. The van der Waals surface area contributed by atoms with Gasteiger partial charge in [-0.15, -0.1) is 0 Å². The molecule has 2 N–H and O–H groups in total. The lowest BCUT2D eigenvalue weighted by Crippen LogP contribution is -2.32. The predicted molar refractivity (Wildman–Crippen MR) is 58.5 cm³/mol. The lowest BCUT2D eigenvalue weighted by atomic mass is 9.94. The molecule has 6 nitrogen and oxygen atoms in total. The molecule has 0 saturated carbocycles. The van der Waals surface area contributed by atoms with Crippen LogP contribution in [0.4, 0.5) is 5.82 Å². The van der Waals surface area contributed by atoms with Crippen LogP contribution in [0.1, 0.15) is 13.8 Å². The first-order valence-corrected chi connectivity index (χ1v) is 4.79. The molecule has 0 atom stereocenters. The smallest absolute Gasteiger partial charge is 0.310 e. The summed E-state index contributed by atoms with van der Waals surface area (Å²) in [6, 6.07) is 0. The molecule has 1 aromatic heterocycles. The number of hydrogen-bond acceptors (Lipinski definition) is 5. The Kier molecular flexibility index (Phi) is 3.65. The number of rotatable bonds is 5. The molecule has 0 unspecified atom stereocenters. The summed E-state index contributed by atoms with van der Waals surface area (Å²) in [6.07, 6.45) is 2.99. The van der Waals surface area contributed by atoms with Gasteiger partial charge in [0.25, 0.3) is 0 Å². The molecule has 16 heavy (non-hydrogen) atoms. The second-order valence-electron chi connectivity index (χ2n) is 3.99. The van der Waals surface area contributed by atoms with Gasteiger partial charge in [0.2, 0.25) is 5.88 Å². The Balaban J connectivity index is 2.64. The third-order valence-corrected chi connectivity index (χ3v) is 2.11. The fourth-order valence-electron chi connectivity index (χ4n) is 0.919. The normalized spacial score (nSPS) is 10.9. The highest BCUT2D eigenvalue weighted by atomic mass is 16.5. The predicted octanol–water partition coefficient (Wildman–Crippen LogP) is 1.01. The molecule has 0 amide bonds. The maximum absolute atomic E-state index is 10.9. The van der Waals surface area contributed by atoms with Crippen LogP contribution in [0.2, 0.25) is 0 Å². The van der Waals surface area contributed by atoms with Gasteiger partial charge in [0, 0.05) is 6.54 Å². The van der Waals surface area contributed by atoms with Crippen molar-refractivity contribution >= 4 is 11.8 Å². The van der Waals surface area contributed by atoms with Gasteiger partial charge >= 0.3 is 5.97 Å². The monoisotopic (exact) mass is 225 g/mol. The minimum atomic E-state index is -0.865. The Labute approximate surface area is 93.7 Å². The van der Waals surface area contributed by atoms with Crippen LogP contribution in [0.3, 0.4) is 0 Å². The second-order valence-corrected chi connectivity index (χ2v) is 3.99. The molecule has 1 aromatic rings. The zero-order valence-corrected chi connectivity index (χ0v) is 9.52. The minimum absolute atomic E-state index is 0.268. The number of methoxy groups -OCH3 is 1. The van der Waals surface area contributed by atoms with Crippen LogP contribution >= 0.6 is 0 Å². The van der Waals surface area contributed by atoms with Crippen LogP contribution in [0.5, 0.6) is 5.88 Å². The first-order chi connectivity index (χ1) is 7.45. The summed E-state index contributed by atoms with van der Waals surface area (Å²) in [5, 5.41) is 11.8. The van der Waals surface area contributed by atoms with Gasteiger partial charge in [-0.05, 0) is 13.8 Å². The molecule has 0 spiro atoms. The van der Waals surface area contributed by atoms with Crippen LogP contribution < -0.4 is 10.1 Å². The number of carboxylic acid groups (broad SMARTS) is 1. The topological polar surface area (TPSA) is 84.3 Å². The molecular weight excluding hydrogens is 210 g/mol. The maximum atomic E-state index is 10.9. The van der Waals surface area contributed by atoms with Gasteiger partial charge in [0.1, 0.15) is 5.82 Å². The van der Waals surface area contributed by atoms with Crippen LogP contribution in [0, 0.1) is 5.41 Å². The summed E-state index contributed by atoms with van der Waals surface area (Å²) < 4.78 is 4.90. The summed E-state index contributed by atoms with van der Waals surface area (Å²) in [5.41, 5.74) is -0.856.